The molecular formula is C17H20F2N2. The molecule has 2 nitrogen and oxygen atoms in total. The molecule has 0 aliphatic rings. The topological polar surface area (TPSA) is 24.9 Å². The Morgan fingerprint density at radius 3 is 2.67 bits per heavy atom. The molecule has 2 rings (SSSR count). The third-order valence-electron chi connectivity index (χ3n) is 3.56. The second kappa shape index (κ2) is 7.27. The van der Waals surface area contributed by atoms with Crippen molar-refractivity contribution in [3.63, 3.8) is 0 Å². The Kier molecular flexibility index (Phi) is 5.39. The minimum atomic E-state index is -0.428. The molecular weight excluding hydrogens is 270 g/mol. The molecule has 4 heteroatoms. The Labute approximate surface area is 124 Å². The number of nitrogens with one attached hydrogen (secondary N) is 1. The van der Waals surface area contributed by atoms with Crippen molar-refractivity contribution in [3.8, 4) is 0 Å². The summed E-state index contributed by atoms with van der Waals surface area (Å²) >= 11 is 0. The molecule has 0 saturated heterocycles. The molecule has 112 valence electrons. The van der Waals surface area contributed by atoms with Crippen LogP contribution in [-0.2, 0) is 0 Å². The SMILES string of the molecule is CCCNC(c1cc(F)ccc1F)C(C)c1ccccn1. The van der Waals surface area contributed by atoms with Gasteiger partial charge in [0.15, 0.2) is 0 Å². The summed E-state index contributed by atoms with van der Waals surface area (Å²) in [6, 6.07) is 8.92. The van der Waals surface area contributed by atoms with Crippen LogP contribution in [-0.4, -0.2) is 11.5 Å². The Balaban J connectivity index is 2.36. The summed E-state index contributed by atoms with van der Waals surface area (Å²) in [4.78, 5) is 4.33. The molecule has 0 aliphatic heterocycles. The van der Waals surface area contributed by atoms with E-state index in [1.807, 2.05) is 32.0 Å². The molecule has 0 bridgehead atoms. The monoisotopic (exact) mass is 290 g/mol. The van der Waals surface area contributed by atoms with Crippen molar-refractivity contribution in [2.24, 2.45) is 0 Å². The highest BCUT2D eigenvalue weighted by molar-refractivity contribution is 5.26. The minimum Gasteiger partial charge on any atom is -0.309 e. The van der Waals surface area contributed by atoms with Gasteiger partial charge in [0, 0.05) is 29.4 Å². The Bertz CT molecular complexity index is 572. The molecule has 21 heavy (non-hydrogen) atoms. The van der Waals surface area contributed by atoms with Crippen LogP contribution >= 0.6 is 0 Å². The lowest BCUT2D eigenvalue weighted by molar-refractivity contribution is 0.437. The highest BCUT2D eigenvalue weighted by atomic mass is 19.1. The number of benzene rings is 1. The minimum absolute atomic E-state index is 0.0611. The highest BCUT2D eigenvalue weighted by Crippen LogP contribution is 2.31. The molecule has 0 spiro atoms. The normalized spacial score (nSPS) is 13.9. The van der Waals surface area contributed by atoms with Gasteiger partial charge in [0.2, 0.25) is 0 Å². The first-order valence-electron chi connectivity index (χ1n) is 7.22. The lowest BCUT2D eigenvalue weighted by Gasteiger charge is -2.26. The van der Waals surface area contributed by atoms with Crippen LogP contribution < -0.4 is 5.32 Å². The third kappa shape index (κ3) is 3.85. The zero-order valence-electron chi connectivity index (χ0n) is 12.3. The number of rotatable bonds is 6. The first-order valence-corrected chi connectivity index (χ1v) is 7.22. The third-order valence-corrected chi connectivity index (χ3v) is 3.56. The number of nitrogens with zero attached hydrogens (tertiary/aromatic N) is 1. The van der Waals surface area contributed by atoms with Gasteiger partial charge in [-0.1, -0.05) is 19.9 Å². The van der Waals surface area contributed by atoms with Crippen molar-refractivity contribution in [3.05, 3.63) is 65.5 Å². The van der Waals surface area contributed by atoms with E-state index in [1.165, 1.54) is 12.1 Å². The summed E-state index contributed by atoms with van der Waals surface area (Å²) in [7, 11) is 0. The maximum Gasteiger partial charge on any atom is 0.128 e. The average molecular weight is 290 g/mol. The lowest BCUT2D eigenvalue weighted by atomic mass is 9.91. The van der Waals surface area contributed by atoms with Gasteiger partial charge in [-0.2, -0.15) is 0 Å². The summed E-state index contributed by atoms with van der Waals surface area (Å²) in [6.07, 6.45) is 2.63. The van der Waals surface area contributed by atoms with Crippen molar-refractivity contribution < 1.29 is 8.78 Å². The van der Waals surface area contributed by atoms with Gasteiger partial charge in [-0.15, -0.1) is 0 Å². The molecule has 0 fully saturated rings. The molecule has 1 N–H and O–H groups in total. The standard InChI is InChI=1S/C17H20F2N2/c1-3-9-21-17(12(2)16-6-4-5-10-20-16)14-11-13(18)7-8-15(14)19/h4-8,10-12,17,21H,3,9H2,1-2H3. The van der Waals surface area contributed by atoms with Gasteiger partial charge in [-0.25, -0.2) is 8.78 Å². The Hall–Kier alpha value is -1.81. The first-order chi connectivity index (χ1) is 10.1. The van der Waals surface area contributed by atoms with Crippen molar-refractivity contribution in [1.29, 1.82) is 0 Å². The first kappa shape index (κ1) is 15.6. The molecule has 2 aromatic rings. The molecule has 2 atom stereocenters. The maximum atomic E-state index is 14.1. The van der Waals surface area contributed by atoms with E-state index in [0.29, 0.717) is 5.56 Å². The van der Waals surface area contributed by atoms with Crippen molar-refractivity contribution >= 4 is 0 Å². The molecule has 0 saturated carbocycles. The number of aromatic nitrogens is 1. The number of hydrogen-bond acceptors (Lipinski definition) is 2. The predicted molar refractivity (Wildman–Crippen MR) is 80.0 cm³/mol. The zero-order chi connectivity index (χ0) is 15.2. The van der Waals surface area contributed by atoms with E-state index in [2.05, 4.69) is 10.3 Å². The summed E-state index contributed by atoms with van der Waals surface area (Å²) < 4.78 is 27.6. The van der Waals surface area contributed by atoms with Gasteiger partial charge in [-0.05, 0) is 43.3 Å². The van der Waals surface area contributed by atoms with E-state index in [0.717, 1.165) is 24.7 Å². The maximum absolute atomic E-state index is 14.1. The predicted octanol–water partition coefficient (Wildman–Crippen LogP) is 4.20. The van der Waals surface area contributed by atoms with Gasteiger partial charge in [0.25, 0.3) is 0 Å². The average Bonchev–Trinajstić information content (AvgIpc) is 2.51. The molecule has 1 aromatic heterocycles. The Morgan fingerprint density at radius 1 is 1.19 bits per heavy atom. The molecule has 2 unspecified atom stereocenters. The molecule has 0 amide bonds. The van der Waals surface area contributed by atoms with E-state index in [4.69, 9.17) is 0 Å². The number of halogens is 2. The molecule has 0 radical (unpaired) electrons. The lowest BCUT2D eigenvalue weighted by Crippen LogP contribution is -2.28. The van der Waals surface area contributed by atoms with Gasteiger partial charge in [0.05, 0.1) is 0 Å². The van der Waals surface area contributed by atoms with Crippen molar-refractivity contribution in [2.75, 3.05) is 6.54 Å². The van der Waals surface area contributed by atoms with Crippen molar-refractivity contribution in [2.45, 2.75) is 32.2 Å². The van der Waals surface area contributed by atoms with Crippen LogP contribution in [0.1, 0.15) is 43.5 Å². The Morgan fingerprint density at radius 2 is 2.00 bits per heavy atom. The van der Waals surface area contributed by atoms with Crippen LogP contribution in [0, 0.1) is 11.6 Å². The van der Waals surface area contributed by atoms with Gasteiger partial charge < -0.3 is 5.32 Å². The van der Waals surface area contributed by atoms with Crippen LogP contribution in [0.5, 0.6) is 0 Å². The quantitative estimate of drug-likeness (QED) is 0.862. The van der Waals surface area contributed by atoms with E-state index in [-0.39, 0.29) is 12.0 Å². The molecule has 1 aromatic carbocycles. The van der Waals surface area contributed by atoms with E-state index in [1.54, 1.807) is 6.20 Å². The summed E-state index contributed by atoms with van der Waals surface area (Å²) in [5.74, 6) is -0.884. The molecule has 1 heterocycles. The van der Waals surface area contributed by atoms with E-state index in [9.17, 15) is 8.78 Å². The summed E-state index contributed by atoms with van der Waals surface area (Å²) in [6.45, 7) is 4.75. The van der Waals surface area contributed by atoms with E-state index < -0.39 is 11.6 Å². The second-order valence-corrected chi connectivity index (χ2v) is 5.14. The molecule has 0 aliphatic carbocycles. The van der Waals surface area contributed by atoms with Crippen molar-refractivity contribution in [1.82, 2.24) is 10.3 Å². The van der Waals surface area contributed by atoms with Crippen LogP contribution in [0.4, 0.5) is 8.78 Å². The fourth-order valence-electron chi connectivity index (χ4n) is 2.42. The zero-order valence-corrected chi connectivity index (χ0v) is 12.3. The fourth-order valence-corrected chi connectivity index (χ4v) is 2.42. The van der Waals surface area contributed by atoms with Gasteiger partial charge in [-0.3, -0.25) is 4.98 Å². The summed E-state index contributed by atoms with van der Waals surface area (Å²) in [5.41, 5.74) is 1.20. The highest BCUT2D eigenvalue weighted by Gasteiger charge is 2.24. The summed E-state index contributed by atoms with van der Waals surface area (Å²) in [5, 5.41) is 3.31. The van der Waals surface area contributed by atoms with Gasteiger partial charge in [0.1, 0.15) is 11.6 Å². The fraction of sp³-hybridized carbons (Fsp3) is 0.353. The number of pyridine rings is 1. The smallest absolute Gasteiger partial charge is 0.128 e. The van der Waals surface area contributed by atoms with Gasteiger partial charge >= 0.3 is 0 Å². The van der Waals surface area contributed by atoms with Crippen LogP contribution in [0.2, 0.25) is 0 Å². The van der Waals surface area contributed by atoms with Crippen LogP contribution in [0.15, 0.2) is 42.6 Å². The van der Waals surface area contributed by atoms with E-state index >= 15 is 0 Å². The largest absolute Gasteiger partial charge is 0.309 e. The van der Waals surface area contributed by atoms with Crippen LogP contribution in [0.25, 0.3) is 0 Å². The van der Waals surface area contributed by atoms with Crippen LogP contribution in [0.3, 0.4) is 0 Å². The number of hydrogen-bond donors (Lipinski definition) is 1. The second-order valence-electron chi connectivity index (χ2n) is 5.14.